The van der Waals surface area contributed by atoms with Gasteiger partial charge in [-0.25, -0.2) is 9.59 Å². The van der Waals surface area contributed by atoms with E-state index in [0.29, 0.717) is 70.6 Å². The molecule has 0 aliphatic carbocycles. The zero-order chi connectivity index (χ0) is 65.8. The van der Waals surface area contributed by atoms with Crippen molar-refractivity contribution in [1.82, 2.24) is 20.4 Å². The van der Waals surface area contributed by atoms with Crippen LogP contribution in [0.1, 0.15) is 94.9 Å². The Morgan fingerprint density at radius 3 is 2.22 bits per heavy atom. The van der Waals surface area contributed by atoms with Crippen molar-refractivity contribution in [2.45, 2.75) is 127 Å². The van der Waals surface area contributed by atoms with Crippen LogP contribution in [0.25, 0.3) is 0 Å². The molecule has 4 heterocycles. The number of benzene rings is 3. The molecule has 4 aliphatic heterocycles. The number of carbonyl (C=O) groups excluding carboxylic acids is 7. The van der Waals surface area contributed by atoms with E-state index >= 15 is 0 Å². The summed E-state index contributed by atoms with van der Waals surface area (Å²) in [6.07, 6.45) is 0.935. The number of halogens is 1. The fourth-order valence-electron chi connectivity index (χ4n) is 11.0. The molecular formula is C67H87ClN6O17. The molecule has 0 aromatic heterocycles. The van der Waals surface area contributed by atoms with Gasteiger partial charge in [-0.05, 0) is 75.1 Å². The average Bonchev–Trinajstić information content (AvgIpc) is 1.58. The molecular weight excluding hydrogens is 1200 g/mol. The van der Waals surface area contributed by atoms with Crippen LogP contribution in [0, 0.1) is 17.8 Å². The van der Waals surface area contributed by atoms with Gasteiger partial charge in [-0.3, -0.25) is 29.3 Å². The molecule has 3 aromatic rings. The van der Waals surface area contributed by atoms with Gasteiger partial charge in [-0.2, -0.15) is 0 Å². The predicted octanol–water partition coefficient (Wildman–Crippen LogP) is 6.05. The molecule has 494 valence electrons. The van der Waals surface area contributed by atoms with Gasteiger partial charge in [0.2, 0.25) is 29.5 Å². The first-order valence-corrected chi connectivity index (χ1v) is 31.1. The van der Waals surface area contributed by atoms with Crippen molar-refractivity contribution in [2.24, 2.45) is 5.92 Å². The van der Waals surface area contributed by atoms with Crippen LogP contribution < -0.4 is 25.2 Å². The maximum Gasteiger partial charge on any atom is 0.409 e. The van der Waals surface area contributed by atoms with Gasteiger partial charge in [0, 0.05) is 90.5 Å². The molecule has 0 saturated carbocycles. The molecule has 3 aromatic carbocycles. The fourth-order valence-corrected chi connectivity index (χ4v) is 11.3. The second kappa shape index (κ2) is 33.8. The van der Waals surface area contributed by atoms with Crippen molar-refractivity contribution in [3.8, 4) is 17.6 Å². The van der Waals surface area contributed by atoms with Gasteiger partial charge in [0.25, 0.3) is 0 Å². The van der Waals surface area contributed by atoms with Gasteiger partial charge in [-0.1, -0.05) is 84.5 Å². The topological polar surface area (TPSA) is 263 Å². The van der Waals surface area contributed by atoms with Crippen LogP contribution >= 0.6 is 11.6 Å². The third-order valence-corrected chi connectivity index (χ3v) is 17.1. The number of ether oxygens (including phenoxy) is 9. The van der Waals surface area contributed by atoms with Gasteiger partial charge in [0.15, 0.2) is 5.72 Å². The average molecular weight is 1280 g/mol. The number of nitrogens with zero attached hydrogens (tertiary/aromatic N) is 4. The first kappa shape index (κ1) is 71.0. The maximum atomic E-state index is 14.4. The second-order valence-electron chi connectivity index (χ2n) is 23.3. The van der Waals surface area contributed by atoms with E-state index in [1.54, 1.807) is 57.1 Å². The molecule has 24 heteroatoms. The highest BCUT2D eigenvalue weighted by Crippen LogP contribution is 2.49. The third-order valence-electron chi connectivity index (χ3n) is 16.7. The van der Waals surface area contributed by atoms with E-state index in [1.165, 1.54) is 42.9 Å². The van der Waals surface area contributed by atoms with Gasteiger partial charge < -0.3 is 72.7 Å². The number of hydrogen-bond donors (Lipinski definition) is 3. The number of likely N-dealkylation sites (N-methyl/N-ethyl adjacent to an activating group) is 2. The van der Waals surface area contributed by atoms with Crippen LogP contribution in [-0.4, -0.2) is 200 Å². The molecule has 0 radical (unpaired) electrons. The molecule has 2 saturated heterocycles. The number of fused-ring (bicyclic) bond motifs is 7. The van der Waals surface area contributed by atoms with Crippen molar-refractivity contribution in [2.75, 3.05) is 111 Å². The van der Waals surface area contributed by atoms with Crippen molar-refractivity contribution >= 4 is 64.6 Å². The Morgan fingerprint density at radius 2 is 1.52 bits per heavy atom. The number of aliphatic hydroxyl groups is 1. The number of anilines is 2. The van der Waals surface area contributed by atoms with Crippen molar-refractivity contribution in [3.63, 3.8) is 0 Å². The molecule has 3 N–H and O–H groups in total. The third kappa shape index (κ3) is 19.6. The van der Waals surface area contributed by atoms with Gasteiger partial charge in [0.05, 0.1) is 90.4 Å². The lowest BCUT2D eigenvalue weighted by atomic mass is 9.83. The summed E-state index contributed by atoms with van der Waals surface area (Å²) in [4.78, 5) is 99.8. The molecule has 2 fully saturated rings. The minimum Gasteiger partial charge on any atom is -0.495 e. The highest BCUT2D eigenvalue weighted by Gasteiger charge is 2.64. The van der Waals surface area contributed by atoms with Gasteiger partial charge in [-0.15, -0.1) is 0 Å². The Hall–Kier alpha value is -7.40. The number of nitrogens with one attached hydrogen (secondary N) is 2. The Bertz CT molecular complexity index is 3190. The summed E-state index contributed by atoms with van der Waals surface area (Å²) in [5.74, 6) is 3.91. The van der Waals surface area contributed by atoms with Crippen LogP contribution in [-0.2, 0) is 79.6 Å². The number of epoxide rings is 1. The highest BCUT2D eigenvalue weighted by molar-refractivity contribution is 6.35. The Balaban J connectivity index is 0.771. The van der Waals surface area contributed by atoms with Crippen LogP contribution in [0.15, 0.2) is 84.5 Å². The number of para-hydroxylation sites is 1. The van der Waals surface area contributed by atoms with Crippen molar-refractivity contribution < 1.29 is 81.3 Å². The number of hydrogen-bond acceptors (Lipinski definition) is 17. The SMILES string of the molecule is COc1cc2cc(c1Cl)N(C)C(=O)C[C@H](OC(=O)[C@H](C)N(C)C(=O)CCCC(=O)N(C)CCOCCOCCOCCOCCC(=O)NCCC(=O)N1Cc3ccccc3C#Cc3ccccc31)[C@]1(C)O[C@H]1[C@H](C)[C@@H]1C[C@@](O)(NC(=O)O1)[C@H](OC)/C=C\C=C(\C)C2. The zero-order valence-corrected chi connectivity index (χ0v) is 54.3. The van der Waals surface area contributed by atoms with Crippen LogP contribution in [0.5, 0.6) is 5.75 Å². The van der Waals surface area contributed by atoms with E-state index < -0.39 is 71.6 Å². The van der Waals surface area contributed by atoms with Crippen LogP contribution in [0.2, 0.25) is 5.02 Å². The molecule has 6 amide bonds. The summed E-state index contributed by atoms with van der Waals surface area (Å²) in [5.41, 5.74) is 2.19. The van der Waals surface area contributed by atoms with E-state index in [9.17, 15) is 38.7 Å². The minimum absolute atomic E-state index is 0.0423. The number of methoxy groups -OCH3 is 2. The molecule has 8 atom stereocenters. The zero-order valence-electron chi connectivity index (χ0n) is 53.6. The Kier molecular flexibility index (Phi) is 26.4. The second-order valence-corrected chi connectivity index (χ2v) is 23.7. The quantitative estimate of drug-likeness (QED) is 0.0339. The number of alkyl carbamates (subject to hydrolysis) is 1. The van der Waals surface area contributed by atoms with Crippen molar-refractivity contribution in [3.05, 3.63) is 112 Å². The molecule has 4 aliphatic rings. The Morgan fingerprint density at radius 1 is 0.868 bits per heavy atom. The minimum atomic E-state index is -1.88. The van der Waals surface area contributed by atoms with Crippen LogP contribution in [0.4, 0.5) is 16.2 Å². The first-order chi connectivity index (χ1) is 43.6. The first-order valence-electron chi connectivity index (χ1n) is 30.7. The lowest BCUT2D eigenvalue weighted by Crippen LogP contribution is -2.63. The van der Waals surface area contributed by atoms with Gasteiger partial charge in [0.1, 0.15) is 40.7 Å². The smallest absolute Gasteiger partial charge is 0.409 e. The summed E-state index contributed by atoms with van der Waals surface area (Å²) in [7, 11) is 7.54. The molecule has 0 unspecified atom stereocenters. The predicted molar refractivity (Wildman–Crippen MR) is 338 cm³/mol. The lowest BCUT2D eigenvalue weighted by molar-refractivity contribution is -0.162. The summed E-state index contributed by atoms with van der Waals surface area (Å²) in [5, 5.41) is 17.4. The van der Waals surface area contributed by atoms with E-state index in [1.807, 2.05) is 61.5 Å². The molecule has 4 bridgehead atoms. The lowest BCUT2D eigenvalue weighted by Gasteiger charge is -2.42. The van der Waals surface area contributed by atoms with E-state index in [-0.39, 0.29) is 87.4 Å². The highest BCUT2D eigenvalue weighted by atomic mass is 35.5. The van der Waals surface area contributed by atoms with E-state index in [4.69, 9.17) is 54.2 Å². The number of esters is 1. The molecule has 0 spiro atoms. The number of allylic oxidation sites excluding steroid dienone is 3. The van der Waals surface area contributed by atoms with E-state index in [0.717, 1.165) is 33.5 Å². The summed E-state index contributed by atoms with van der Waals surface area (Å²) < 4.78 is 51.8. The number of rotatable bonds is 27. The summed E-state index contributed by atoms with van der Waals surface area (Å²) >= 11 is 6.83. The standard InChI is InChI=1S/C67H87ClN6O17/c1-44-16-14-21-55(84-9)67(82)42-54(89-65(81)70-67)45(2)63-66(4,91-63)56(41-61(79)73(7)52-39-47(38-44)40-53(83-8)62(52)68)90-64(80)46(3)72(6)59(77)23-15-22-58(76)71(5)29-31-86-33-35-88-37-36-87-34-32-85-30-27-57(75)69-28-26-60(78)74-43-50-19-11-10-17-48(50)24-25-49-18-12-13-20-51(49)74/h10-14,16-21,39-40,45-46,54-56,63,82H,15,22-23,26-38,41-43H2,1-9H3,(H,69,75)(H,70,81)/b21-14-,44-16-/t45-,46+,54+,55-,56+,63+,66+,67+/m1/s1. The van der Waals surface area contributed by atoms with E-state index in [2.05, 4.69) is 22.5 Å². The molecule has 91 heavy (non-hydrogen) atoms. The van der Waals surface area contributed by atoms with Crippen molar-refractivity contribution in [1.29, 1.82) is 0 Å². The number of amides is 6. The largest absolute Gasteiger partial charge is 0.495 e. The normalized spacial score (nSPS) is 23.3. The molecule has 23 nitrogen and oxygen atoms in total. The maximum absolute atomic E-state index is 14.4. The fraction of sp³-hybridized carbons (Fsp3) is 0.537. The summed E-state index contributed by atoms with van der Waals surface area (Å²) in [6, 6.07) is 17.7. The number of carbonyl (C=O) groups is 7. The van der Waals surface area contributed by atoms with Crippen LogP contribution in [0.3, 0.4) is 0 Å². The molecule has 7 rings (SSSR count). The Labute approximate surface area is 537 Å². The summed E-state index contributed by atoms with van der Waals surface area (Å²) in [6.45, 7) is 10.1. The van der Waals surface area contributed by atoms with Gasteiger partial charge >= 0.3 is 12.1 Å². The monoisotopic (exact) mass is 1280 g/mol.